The van der Waals surface area contributed by atoms with Gasteiger partial charge in [0.1, 0.15) is 15.6 Å². The first-order valence-electron chi connectivity index (χ1n) is 9.68. The fourth-order valence-corrected chi connectivity index (χ4v) is 3.91. The largest absolute Gasteiger partial charge is 0.494 e. The molecule has 0 aliphatic heterocycles. The lowest BCUT2D eigenvalue weighted by Crippen LogP contribution is -2.25. The number of hydrogen-bond acceptors (Lipinski definition) is 6. The third kappa shape index (κ3) is 5.24. The standard InChI is InChI=1S/C23H24N2O4S/c1-4-29-19-11-9-17(10-12-19)22-25-15(2)20(30-22)21(26)24-14-13-16-5-7-18(8-6-16)23(27)28-3/h5-12H,4,13-14H2,1-3H3,(H,24,26). The molecule has 0 spiro atoms. The van der Waals surface area contributed by atoms with Crippen molar-refractivity contribution in [2.75, 3.05) is 20.3 Å². The number of rotatable bonds is 8. The van der Waals surface area contributed by atoms with Crippen molar-refractivity contribution < 1.29 is 19.1 Å². The Bertz CT molecular complexity index is 1010. The zero-order chi connectivity index (χ0) is 21.5. The van der Waals surface area contributed by atoms with Crippen molar-refractivity contribution in [3.63, 3.8) is 0 Å². The summed E-state index contributed by atoms with van der Waals surface area (Å²) >= 11 is 1.38. The van der Waals surface area contributed by atoms with Crippen LogP contribution in [-0.2, 0) is 11.2 Å². The van der Waals surface area contributed by atoms with Crippen LogP contribution >= 0.6 is 11.3 Å². The fraction of sp³-hybridized carbons (Fsp3) is 0.261. The maximum atomic E-state index is 12.6. The van der Waals surface area contributed by atoms with Crippen LogP contribution in [0.2, 0.25) is 0 Å². The molecule has 1 aromatic heterocycles. The van der Waals surface area contributed by atoms with Gasteiger partial charge in [-0.15, -0.1) is 11.3 Å². The molecule has 0 unspecified atom stereocenters. The minimum atomic E-state index is -0.362. The van der Waals surface area contributed by atoms with Gasteiger partial charge in [0, 0.05) is 12.1 Å². The first-order valence-corrected chi connectivity index (χ1v) is 10.5. The summed E-state index contributed by atoms with van der Waals surface area (Å²) in [5.74, 6) is 0.319. The zero-order valence-electron chi connectivity index (χ0n) is 17.2. The number of nitrogens with one attached hydrogen (secondary N) is 1. The second kappa shape index (κ2) is 10.0. The van der Waals surface area contributed by atoms with Gasteiger partial charge in [-0.25, -0.2) is 9.78 Å². The number of ether oxygens (including phenoxy) is 2. The summed E-state index contributed by atoms with van der Waals surface area (Å²) in [6.07, 6.45) is 0.663. The number of amides is 1. The topological polar surface area (TPSA) is 77.5 Å². The van der Waals surface area contributed by atoms with E-state index in [1.54, 1.807) is 12.1 Å². The quantitative estimate of drug-likeness (QED) is 0.546. The highest BCUT2D eigenvalue weighted by atomic mass is 32.1. The molecule has 0 fully saturated rings. The Hall–Kier alpha value is -3.19. The molecule has 6 nitrogen and oxygen atoms in total. The van der Waals surface area contributed by atoms with Crippen LogP contribution in [0.4, 0.5) is 0 Å². The maximum absolute atomic E-state index is 12.6. The number of methoxy groups -OCH3 is 1. The number of aryl methyl sites for hydroxylation is 1. The van der Waals surface area contributed by atoms with E-state index in [1.165, 1.54) is 18.4 Å². The van der Waals surface area contributed by atoms with Gasteiger partial charge in [0.25, 0.3) is 5.91 Å². The van der Waals surface area contributed by atoms with Gasteiger partial charge in [-0.1, -0.05) is 12.1 Å². The molecule has 0 bridgehead atoms. The van der Waals surface area contributed by atoms with Crippen molar-refractivity contribution in [1.82, 2.24) is 10.3 Å². The highest BCUT2D eigenvalue weighted by molar-refractivity contribution is 7.17. The van der Waals surface area contributed by atoms with E-state index in [1.807, 2.05) is 50.2 Å². The van der Waals surface area contributed by atoms with Gasteiger partial charge >= 0.3 is 5.97 Å². The number of carbonyl (C=O) groups excluding carboxylic acids is 2. The number of carbonyl (C=O) groups is 2. The van der Waals surface area contributed by atoms with Crippen LogP contribution in [0.5, 0.6) is 5.75 Å². The van der Waals surface area contributed by atoms with Crippen LogP contribution in [0.3, 0.4) is 0 Å². The van der Waals surface area contributed by atoms with Gasteiger partial charge in [0.2, 0.25) is 0 Å². The molecule has 2 aromatic carbocycles. The van der Waals surface area contributed by atoms with E-state index < -0.39 is 0 Å². The first kappa shape index (κ1) is 21.5. The van der Waals surface area contributed by atoms with E-state index >= 15 is 0 Å². The third-order valence-corrected chi connectivity index (χ3v) is 5.69. The summed E-state index contributed by atoms with van der Waals surface area (Å²) < 4.78 is 10.2. The molecule has 0 aliphatic carbocycles. The average molecular weight is 425 g/mol. The predicted octanol–water partition coefficient (Wildman–Crippen LogP) is 4.28. The number of esters is 1. The van der Waals surface area contributed by atoms with Gasteiger partial charge in [0.05, 0.1) is 25.0 Å². The van der Waals surface area contributed by atoms with E-state index in [2.05, 4.69) is 10.3 Å². The number of thiazole rings is 1. The van der Waals surface area contributed by atoms with Gasteiger partial charge in [-0.05, 0) is 62.2 Å². The highest BCUT2D eigenvalue weighted by Crippen LogP contribution is 2.29. The van der Waals surface area contributed by atoms with Crippen molar-refractivity contribution in [2.24, 2.45) is 0 Å². The van der Waals surface area contributed by atoms with Crippen LogP contribution in [-0.4, -0.2) is 37.1 Å². The van der Waals surface area contributed by atoms with Crippen LogP contribution in [0.15, 0.2) is 48.5 Å². The second-order valence-electron chi connectivity index (χ2n) is 6.59. The van der Waals surface area contributed by atoms with Crippen molar-refractivity contribution in [2.45, 2.75) is 20.3 Å². The summed E-state index contributed by atoms with van der Waals surface area (Å²) in [6, 6.07) is 14.9. The molecule has 0 saturated heterocycles. The molecule has 7 heteroatoms. The highest BCUT2D eigenvalue weighted by Gasteiger charge is 2.16. The molecule has 0 aliphatic rings. The van der Waals surface area contributed by atoms with Crippen molar-refractivity contribution in [1.29, 1.82) is 0 Å². The van der Waals surface area contributed by atoms with Gasteiger partial charge in [-0.2, -0.15) is 0 Å². The minimum Gasteiger partial charge on any atom is -0.494 e. The molecular weight excluding hydrogens is 400 g/mol. The maximum Gasteiger partial charge on any atom is 0.337 e. The van der Waals surface area contributed by atoms with Crippen molar-refractivity contribution in [3.8, 4) is 16.3 Å². The van der Waals surface area contributed by atoms with E-state index in [9.17, 15) is 9.59 Å². The van der Waals surface area contributed by atoms with E-state index in [0.717, 1.165) is 21.9 Å². The van der Waals surface area contributed by atoms with Crippen LogP contribution < -0.4 is 10.1 Å². The Morgan fingerprint density at radius 3 is 2.40 bits per heavy atom. The first-order chi connectivity index (χ1) is 14.5. The minimum absolute atomic E-state index is 0.131. The zero-order valence-corrected chi connectivity index (χ0v) is 18.0. The lowest BCUT2D eigenvalue weighted by Gasteiger charge is -2.05. The van der Waals surface area contributed by atoms with Gasteiger partial charge in [0.15, 0.2) is 0 Å². The lowest BCUT2D eigenvalue weighted by atomic mass is 10.1. The fourth-order valence-electron chi connectivity index (χ4n) is 2.92. The smallest absolute Gasteiger partial charge is 0.337 e. The molecule has 156 valence electrons. The second-order valence-corrected chi connectivity index (χ2v) is 7.58. The Labute approximate surface area is 179 Å². The van der Waals surface area contributed by atoms with Crippen LogP contribution in [0.25, 0.3) is 10.6 Å². The lowest BCUT2D eigenvalue weighted by molar-refractivity contribution is 0.0600. The molecule has 1 heterocycles. The predicted molar refractivity (Wildman–Crippen MR) is 117 cm³/mol. The molecular formula is C23H24N2O4S. The number of hydrogen-bond donors (Lipinski definition) is 1. The third-order valence-electron chi connectivity index (χ3n) is 4.49. The summed E-state index contributed by atoms with van der Waals surface area (Å²) in [4.78, 5) is 29.2. The Balaban J connectivity index is 1.58. The summed E-state index contributed by atoms with van der Waals surface area (Å²) in [5.41, 5.74) is 3.20. The molecule has 0 atom stereocenters. The molecule has 3 rings (SSSR count). The van der Waals surface area contributed by atoms with Crippen molar-refractivity contribution >= 4 is 23.2 Å². The molecule has 30 heavy (non-hydrogen) atoms. The summed E-state index contributed by atoms with van der Waals surface area (Å²) in [6.45, 7) is 4.90. The summed E-state index contributed by atoms with van der Waals surface area (Å²) in [5, 5.41) is 3.75. The Kier molecular flexibility index (Phi) is 7.19. The van der Waals surface area contributed by atoms with Gasteiger partial charge < -0.3 is 14.8 Å². The Morgan fingerprint density at radius 2 is 1.77 bits per heavy atom. The number of nitrogens with zero attached hydrogens (tertiary/aromatic N) is 1. The number of aromatic nitrogens is 1. The van der Waals surface area contributed by atoms with Crippen LogP contribution in [0.1, 0.15) is 38.2 Å². The monoisotopic (exact) mass is 424 g/mol. The summed E-state index contributed by atoms with van der Waals surface area (Å²) in [7, 11) is 1.36. The SMILES string of the molecule is CCOc1ccc(-c2nc(C)c(C(=O)NCCc3ccc(C(=O)OC)cc3)s2)cc1. The van der Waals surface area contributed by atoms with Gasteiger partial charge in [-0.3, -0.25) is 4.79 Å². The number of benzene rings is 2. The Morgan fingerprint density at radius 1 is 1.07 bits per heavy atom. The molecule has 0 radical (unpaired) electrons. The van der Waals surface area contributed by atoms with E-state index in [0.29, 0.717) is 35.7 Å². The normalized spacial score (nSPS) is 10.5. The van der Waals surface area contributed by atoms with Crippen LogP contribution in [0, 0.1) is 6.92 Å². The molecule has 1 N–H and O–H groups in total. The van der Waals surface area contributed by atoms with E-state index in [4.69, 9.17) is 9.47 Å². The van der Waals surface area contributed by atoms with E-state index in [-0.39, 0.29) is 11.9 Å². The molecule has 3 aromatic rings. The average Bonchev–Trinajstić information content (AvgIpc) is 3.16. The van der Waals surface area contributed by atoms with Crippen molar-refractivity contribution in [3.05, 3.63) is 70.2 Å². The molecule has 1 amide bonds. The molecule has 0 saturated carbocycles.